The largest absolute Gasteiger partial charge is 0.475 e. The summed E-state index contributed by atoms with van der Waals surface area (Å²) < 4.78 is 5.63. The number of benzene rings is 2. The van der Waals surface area contributed by atoms with Crippen LogP contribution in [0.15, 0.2) is 34.7 Å². The zero-order chi connectivity index (χ0) is 14.4. The van der Waals surface area contributed by atoms with Crippen LogP contribution in [0.25, 0.3) is 21.7 Å². The van der Waals surface area contributed by atoms with Crippen molar-refractivity contribution in [3.63, 3.8) is 0 Å². The number of rotatable bonds is 2. The summed E-state index contributed by atoms with van der Waals surface area (Å²) in [6, 6.07) is 9.36. The zero-order valence-electron chi connectivity index (χ0n) is 11.1. The van der Waals surface area contributed by atoms with Gasteiger partial charge in [0.25, 0.3) is 0 Å². The van der Waals surface area contributed by atoms with Crippen LogP contribution in [-0.4, -0.2) is 11.1 Å². The van der Waals surface area contributed by atoms with Crippen LogP contribution >= 0.6 is 11.6 Å². The monoisotopic (exact) mass is 288 g/mol. The molecule has 0 saturated carbocycles. The van der Waals surface area contributed by atoms with Crippen LogP contribution in [0.3, 0.4) is 0 Å². The molecular weight excluding hydrogens is 276 g/mol. The topological polar surface area (TPSA) is 50.4 Å². The lowest BCUT2D eigenvalue weighted by atomic mass is 9.97. The number of fused-ring (bicyclic) bond motifs is 3. The second-order valence-electron chi connectivity index (χ2n) is 5.09. The highest BCUT2D eigenvalue weighted by atomic mass is 35.5. The Kier molecular flexibility index (Phi) is 2.94. The molecule has 0 aliphatic rings. The van der Waals surface area contributed by atoms with Crippen LogP contribution in [-0.2, 0) is 0 Å². The maximum absolute atomic E-state index is 11.4. The van der Waals surface area contributed by atoms with E-state index in [-0.39, 0.29) is 11.7 Å². The number of halogens is 1. The summed E-state index contributed by atoms with van der Waals surface area (Å²) in [5.41, 5.74) is 1.28. The molecule has 4 heteroatoms. The van der Waals surface area contributed by atoms with Crippen LogP contribution in [0.4, 0.5) is 0 Å². The lowest BCUT2D eigenvalue weighted by Gasteiger charge is -2.05. The van der Waals surface area contributed by atoms with Gasteiger partial charge in [0.1, 0.15) is 5.58 Å². The Morgan fingerprint density at radius 1 is 1.20 bits per heavy atom. The Labute approximate surface area is 120 Å². The fourth-order valence-corrected chi connectivity index (χ4v) is 2.90. The number of aromatic carboxylic acids is 1. The molecule has 0 atom stereocenters. The molecule has 1 heterocycles. The highest BCUT2D eigenvalue weighted by Gasteiger charge is 2.24. The van der Waals surface area contributed by atoms with Crippen molar-refractivity contribution in [1.82, 2.24) is 0 Å². The molecule has 0 unspecified atom stereocenters. The fraction of sp³-hybridized carbons (Fsp3) is 0.188. The predicted octanol–water partition coefficient (Wildman–Crippen LogP) is 5.06. The Hall–Kier alpha value is -2.00. The van der Waals surface area contributed by atoms with Crippen molar-refractivity contribution in [2.75, 3.05) is 0 Å². The molecule has 0 radical (unpaired) electrons. The van der Waals surface area contributed by atoms with Gasteiger partial charge in [-0.25, -0.2) is 4.79 Å². The molecule has 0 saturated heterocycles. The first-order chi connectivity index (χ1) is 9.50. The first kappa shape index (κ1) is 13.0. The van der Waals surface area contributed by atoms with E-state index in [0.717, 1.165) is 16.2 Å². The standard InChI is InChI=1S/C16H13ClO3/c1-8(2)13-11-7-12(17)9-5-3-4-6-10(9)14(11)20-15(13)16(18)19/h3-8H,1-2H3,(H,18,19). The molecule has 0 aliphatic carbocycles. The van der Waals surface area contributed by atoms with E-state index < -0.39 is 5.97 Å². The molecule has 3 nitrogen and oxygen atoms in total. The zero-order valence-corrected chi connectivity index (χ0v) is 11.9. The second kappa shape index (κ2) is 4.53. The average molecular weight is 289 g/mol. The van der Waals surface area contributed by atoms with Gasteiger partial charge >= 0.3 is 5.97 Å². The SMILES string of the molecule is CC(C)c1c(C(=O)O)oc2c1cc(Cl)c1ccccc12. The molecule has 2 aromatic carbocycles. The molecule has 102 valence electrons. The summed E-state index contributed by atoms with van der Waals surface area (Å²) in [5.74, 6) is -1.01. The van der Waals surface area contributed by atoms with E-state index in [4.69, 9.17) is 16.0 Å². The van der Waals surface area contributed by atoms with Gasteiger partial charge in [-0.1, -0.05) is 49.7 Å². The third kappa shape index (κ3) is 1.78. The number of hydrogen-bond acceptors (Lipinski definition) is 2. The Bertz CT molecular complexity index is 830. The van der Waals surface area contributed by atoms with Crippen LogP contribution in [0.2, 0.25) is 5.02 Å². The minimum Gasteiger partial charge on any atom is -0.475 e. The first-order valence-electron chi connectivity index (χ1n) is 6.37. The first-order valence-corrected chi connectivity index (χ1v) is 6.75. The lowest BCUT2D eigenvalue weighted by molar-refractivity contribution is 0.0663. The average Bonchev–Trinajstić information content (AvgIpc) is 2.79. The molecular formula is C16H13ClO3. The van der Waals surface area contributed by atoms with Gasteiger partial charge in [0.05, 0.1) is 0 Å². The molecule has 3 rings (SSSR count). The summed E-state index contributed by atoms with van der Waals surface area (Å²) in [6.45, 7) is 3.89. The summed E-state index contributed by atoms with van der Waals surface area (Å²) in [7, 11) is 0. The molecule has 3 aromatic rings. The Balaban J connectivity index is 2.54. The van der Waals surface area contributed by atoms with Crippen LogP contribution in [0.1, 0.15) is 35.9 Å². The normalized spacial score (nSPS) is 11.6. The van der Waals surface area contributed by atoms with Crippen molar-refractivity contribution in [1.29, 1.82) is 0 Å². The smallest absolute Gasteiger partial charge is 0.372 e. The van der Waals surface area contributed by atoms with Crippen molar-refractivity contribution >= 4 is 39.3 Å². The van der Waals surface area contributed by atoms with Gasteiger partial charge in [-0.2, -0.15) is 0 Å². The van der Waals surface area contributed by atoms with Gasteiger partial charge in [-0.05, 0) is 12.0 Å². The van der Waals surface area contributed by atoms with E-state index in [1.54, 1.807) is 6.07 Å². The lowest BCUT2D eigenvalue weighted by Crippen LogP contribution is -2.00. The van der Waals surface area contributed by atoms with Gasteiger partial charge in [-0.3, -0.25) is 0 Å². The maximum atomic E-state index is 11.4. The second-order valence-corrected chi connectivity index (χ2v) is 5.49. The fourth-order valence-electron chi connectivity index (χ4n) is 2.63. The van der Waals surface area contributed by atoms with E-state index in [1.807, 2.05) is 38.1 Å². The van der Waals surface area contributed by atoms with Crippen LogP contribution in [0.5, 0.6) is 0 Å². The number of carboxylic acid groups (broad SMARTS) is 1. The highest BCUT2D eigenvalue weighted by molar-refractivity contribution is 6.37. The van der Waals surface area contributed by atoms with E-state index >= 15 is 0 Å². The number of hydrogen-bond donors (Lipinski definition) is 1. The minimum absolute atomic E-state index is 0.00224. The molecule has 0 aliphatic heterocycles. The molecule has 0 spiro atoms. The van der Waals surface area contributed by atoms with Gasteiger partial charge in [0.2, 0.25) is 5.76 Å². The molecule has 0 bridgehead atoms. The van der Waals surface area contributed by atoms with Crippen molar-refractivity contribution in [2.24, 2.45) is 0 Å². The van der Waals surface area contributed by atoms with E-state index in [1.165, 1.54) is 0 Å². The predicted molar refractivity (Wildman–Crippen MR) is 79.8 cm³/mol. The third-order valence-corrected chi connectivity index (χ3v) is 3.77. The number of carboxylic acids is 1. The van der Waals surface area contributed by atoms with Gasteiger partial charge < -0.3 is 9.52 Å². The van der Waals surface area contributed by atoms with Gasteiger partial charge in [-0.15, -0.1) is 0 Å². The summed E-state index contributed by atoms with van der Waals surface area (Å²) in [6.07, 6.45) is 0. The van der Waals surface area contributed by atoms with Crippen molar-refractivity contribution in [2.45, 2.75) is 19.8 Å². The van der Waals surface area contributed by atoms with E-state index in [9.17, 15) is 9.90 Å². The van der Waals surface area contributed by atoms with E-state index in [2.05, 4.69) is 0 Å². The molecule has 1 N–H and O–H groups in total. The van der Waals surface area contributed by atoms with Crippen molar-refractivity contribution in [3.05, 3.63) is 46.7 Å². The Morgan fingerprint density at radius 3 is 2.45 bits per heavy atom. The maximum Gasteiger partial charge on any atom is 0.372 e. The summed E-state index contributed by atoms with van der Waals surface area (Å²) >= 11 is 6.31. The summed E-state index contributed by atoms with van der Waals surface area (Å²) in [4.78, 5) is 11.4. The quantitative estimate of drug-likeness (QED) is 0.717. The van der Waals surface area contributed by atoms with Gasteiger partial charge in [0, 0.05) is 26.7 Å². The van der Waals surface area contributed by atoms with Crippen molar-refractivity contribution in [3.8, 4) is 0 Å². The van der Waals surface area contributed by atoms with Crippen LogP contribution in [0, 0.1) is 0 Å². The minimum atomic E-state index is -1.05. The number of carbonyl (C=O) groups is 1. The highest BCUT2D eigenvalue weighted by Crippen LogP contribution is 2.39. The molecule has 0 amide bonds. The Morgan fingerprint density at radius 2 is 1.85 bits per heavy atom. The third-order valence-electron chi connectivity index (χ3n) is 3.46. The van der Waals surface area contributed by atoms with Crippen LogP contribution < -0.4 is 0 Å². The number of furan rings is 1. The van der Waals surface area contributed by atoms with Crippen molar-refractivity contribution < 1.29 is 14.3 Å². The summed E-state index contributed by atoms with van der Waals surface area (Å²) in [5, 5.41) is 12.4. The molecule has 0 fully saturated rings. The van der Waals surface area contributed by atoms with Gasteiger partial charge in [0.15, 0.2) is 0 Å². The molecule has 20 heavy (non-hydrogen) atoms. The van der Waals surface area contributed by atoms with E-state index in [0.29, 0.717) is 16.2 Å². The molecule has 1 aromatic heterocycles.